The molecular formula is C13H11N3O4. The first-order valence-electron chi connectivity index (χ1n) is 5.69. The lowest BCUT2D eigenvalue weighted by atomic mass is 10.1. The zero-order valence-electron chi connectivity index (χ0n) is 10.5. The van der Waals surface area contributed by atoms with Gasteiger partial charge in [-0.3, -0.25) is 14.9 Å². The van der Waals surface area contributed by atoms with Crippen molar-refractivity contribution in [3.8, 4) is 5.75 Å². The largest absolute Gasteiger partial charge is 0.508 e. The standard InChI is InChI=1S/C13H11N3O4/c1-8-3-2-6-14-12(8)15-13(18)10-7-9(17)4-5-11(10)16(19)20/h2-7,17H,1H3,(H,14,15,18). The number of hydrogen-bond acceptors (Lipinski definition) is 5. The number of aryl methyl sites for hydroxylation is 1. The average Bonchev–Trinajstić information content (AvgIpc) is 2.40. The molecule has 0 saturated carbocycles. The van der Waals surface area contributed by atoms with Crippen LogP contribution in [0.4, 0.5) is 11.5 Å². The van der Waals surface area contributed by atoms with Crippen molar-refractivity contribution < 1.29 is 14.8 Å². The van der Waals surface area contributed by atoms with Crippen LogP contribution in [0.5, 0.6) is 5.75 Å². The molecule has 2 rings (SSSR count). The lowest BCUT2D eigenvalue weighted by Crippen LogP contribution is -2.15. The second-order valence-electron chi connectivity index (χ2n) is 4.08. The van der Waals surface area contributed by atoms with Crippen molar-refractivity contribution in [2.75, 3.05) is 5.32 Å². The third-order valence-electron chi connectivity index (χ3n) is 2.66. The summed E-state index contributed by atoms with van der Waals surface area (Å²) in [7, 11) is 0. The second-order valence-corrected chi connectivity index (χ2v) is 4.08. The molecule has 102 valence electrons. The lowest BCUT2D eigenvalue weighted by Gasteiger charge is -2.07. The summed E-state index contributed by atoms with van der Waals surface area (Å²) < 4.78 is 0. The number of hydrogen-bond donors (Lipinski definition) is 2. The molecule has 0 spiro atoms. The molecule has 0 unspecified atom stereocenters. The number of rotatable bonds is 3. The number of phenolic OH excluding ortho intramolecular Hbond substituents is 1. The van der Waals surface area contributed by atoms with Crippen LogP contribution in [0.15, 0.2) is 36.5 Å². The van der Waals surface area contributed by atoms with Gasteiger partial charge in [-0.05, 0) is 30.7 Å². The first-order chi connectivity index (χ1) is 9.49. The number of nitrogens with one attached hydrogen (secondary N) is 1. The van der Waals surface area contributed by atoms with Crippen molar-refractivity contribution in [1.82, 2.24) is 4.98 Å². The van der Waals surface area contributed by atoms with E-state index < -0.39 is 10.8 Å². The van der Waals surface area contributed by atoms with Crippen molar-refractivity contribution in [3.63, 3.8) is 0 Å². The van der Waals surface area contributed by atoms with E-state index in [4.69, 9.17) is 0 Å². The van der Waals surface area contributed by atoms with Crippen LogP contribution >= 0.6 is 0 Å². The van der Waals surface area contributed by atoms with Crippen molar-refractivity contribution >= 4 is 17.4 Å². The van der Waals surface area contributed by atoms with E-state index in [2.05, 4.69) is 10.3 Å². The Bertz CT molecular complexity index is 685. The molecular weight excluding hydrogens is 262 g/mol. The molecule has 1 amide bonds. The minimum absolute atomic E-state index is 0.222. The predicted molar refractivity (Wildman–Crippen MR) is 71.7 cm³/mol. The summed E-state index contributed by atoms with van der Waals surface area (Å²) in [6, 6.07) is 6.74. The number of carbonyl (C=O) groups is 1. The minimum Gasteiger partial charge on any atom is -0.508 e. The number of aromatic hydroxyl groups is 1. The van der Waals surface area contributed by atoms with Gasteiger partial charge in [0.1, 0.15) is 17.1 Å². The Morgan fingerprint density at radius 3 is 2.80 bits per heavy atom. The highest BCUT2D eigenvalue weighted by atomic mass is 16.6. The second kappa shape index (κ2) is 5.35. The van der Waals surface area contributed by atoms with Gasteiger partial charge in [0.25, 0.3) is 11.6 Å². The summed E-state index contributed by atoms with van der Waals surface area (Å²) in [6.07, 6.45) is 1.50. The Kier molecular flexibility index (Phi) is 3.60. The molecule has 7 heteroatoms. The highest BCUT2D eigenvalue weighted by Gasteiger charge is 2.21. The molecule has 0 atom stereocenters. The third kappa shape index (κ3) is 2.72. The fraction of sp³-hybridized carbons (Fsp3) is 0.0769. The van der Waals surface area contributed by atoms with Gasteiger partial charge in [0.15, 0.2) is 0 Å². The number of phenols is 1. The van der Waals surface area contributed by atoms with Gasteiger partial charge in [-0.25, -0.2) is 4.98 Å². The van der Waals surface area contributed by atoms with Crippen LogP contribution < -0.4 is 5.32 Å². The van der Waals surface area contributed by atoms with E-state index in [-0.39, 0.29) is 17.0 Å². The van der Waals surface area contributed by atoms with E-state index in [1.165, 1.54) is 6.20 Å². The molecule has 0 fully saturated rings. The molecule has 7 nitrogen and oxygen atoms in total. The maximum atomic E-state index is 12.1. The fourth-order valence-electron chi connectivity index (χ4n) is 1.66. The molecule has 0 radical (unpaired) electrons. The van der Waals surface area contributed by atoms with Gasteiger partial charge in [0.2, 0.25) is 0 Å². The summed E-state index contributed by atoms with van der Waals surface area (Å²) in [4.78, 5) is 26.3. The smallest absolute Gasteiger partial charge is 0.282 e. The Morgan fingerprint density at radius 2 is 2.15 bits per heavy atom. The van der Waals surface area contributed by atoms with Crippen LogP contribution in [0.1, 0.15) is 15.9 Å². The maximum absolute atomic E-state index is 12.1. The van der Waals surface area contributed by atoms with E-state index in [1.807, 2.05) is 0 Å². The predicted octanol–water partition coefficient (Wildman–Crippen LogP) is 2.26. The van der Waals surface area contributed by atoms with Crippen LogP contribution in [0.3, 0.4) is 0 Å². The van der Waals surface area contributed by atoms with Crippen LogP contribution in [0.2, 0.25) is 0 Å². The normalized spacial score (nSPS) is 10.1. The topological polar surface area (TPSA) is 105 Å². The minimum atomic E-state index is -0.700. The maximum Gasteiger partial charge on any atom is 0.282 e. The first-order valence-corrected chi connectivity index (χ1v) is 5.69. The number of carbonyl (C=O) groups excluding carboxylic acids is 1. The Hall–Kier alpha value is -2.96. The fourth-order valence-corrected chi connectivity index (χ4v) is 1.66. The molecule has 0 aliphatic heterocycles. The van der Waals surface area contributed by atoms with Gasteiger partial charge in [-0.15, -0.1) is 0 Å². The van der Waals surface area contributed by atoms with Gasteiger partial charge < -0.3 is 10.4 Å². The molecule has 0 saturated heterocycles. The molecule has 20 heavy (non-hydrogen) atoms. The van der Waals surface area contributed by atoms with Crippen molar-refractivity contribution in [1.29, 1.82) is 0 Å². The van der Waals surface area contributed by atoms with Crippen LogP contribution in [-0.2, 0) is 0 Å². The van der Waals surface area contributed by atoms with Gasteiger partial charge in [0.05, 0.1) is 4.92 Å². The molecule has 2 aromatic rings. The van der Waals surface area contributed by atoms with Crippen LogP contribution in [0.25, 0.3) is 0 Å². The summed E-state index contributed by atoms with van der Waals surface area (Å²) >= 11 is 0. The summed E-state index contributed by atoms with van der Waals surface area (Å²) in [5.41, 5.74) is 0.123. The summed E-state index contributed by atoms with van der Waals surface area (Å²) in [6.45, 7) is 1.75. The first kappa shape index (κ1) is 13.5. The molecule has 0 bridgehead atoms. The zero-order chi connectivity index (χ0) is 14.7. The number of pyridine rings is 1. The average molecular weight is 273 g/mol. The Balaban J connectivity index is 2.37. The highest BCUT2D eigenvalue weighted by molar-refractivity contribution is 6.07. The molecule has 1 aromatic carbocycles. The van der Waals surface area contributed by atoms with E-state index in [0.29, 0.717) is 5.82 Å². The van der Waals surface area contributed by atoms with Crippen molar-refractivity contribution in [3.05, 3.63) is 57.8 Å². The van der Waals surface area contributed by atoms with E-state index >= 15 is 0 Å². The van der Waals surface area contributed by atoms with Crippen molar-refractivity contribution in [2.45, 2.75) is 6.92 Å². The number of nitrogens with zero attached hydrogens (tertiary/aromatic N) is 2. The van der Waals surface area contributed by atoms with Gasteiger partial charge in [0, 0.05) is 12.3 Å². The number of aromatic nitrogens is 1. The molecule has 1 heterocycles. The SMILES string of the molecule is Cc1cccnc1NC(=O)c1cc(O)ccc1[N+](=O)[O-]. The Morgan fingerprint density at radius 1 is 1.40 bits per heavy atom. The highest BCUT2D eigenvalue weighted by Crippen LogP contribution is 2.24. The Labute approximate surface area is 114 Å². The molecule has 1 aromatic heterocycles. The number of nitro groups is 1. The van der Waals surface area contributed by atoms with Crippen LogP contribution in [-0.4, -0.2) is 20.9 Å². The number of amides is 1. The number of anilines is 1. The summed E-state index contributed by atoms with van der Waals surface area (Å²) in [5, 5.41) is 22.7. The quantitative estimate of drug-likeness (QED) is 0.659. The van der Waals surface area contributed by atoms with Gasteiger partial charge in [-0.2, -0.15) is 0 Å². The third-order valence-corrected chi connectivity index (χ3v) is 2.66. The van der Waals surface area contributed by atoms with Gasteiger partial charge >= 0.3 is 0 Å². The number of benzene rings is 1. The van der Waals surface area contributed by atoms with Gasteiger partial charge in [-0.1, -0.05) is 6.07 Å². The van der Waals surface area contributed by atoms with E-state index in [0.717, 1.165) is 23.8 Å². The number of nitro benzene ring substituents is 1. The van der Waals surface area contributed by atoms with E-state index in [1.54, 1.807) is 19.1 Å². The zero-order valence-corrected chi connectivity index (χ0v) is 10.5. The lowest BCUT2D eigenvalue weighted by molar-refractivity contribution is -0.385. The molecule has 0 aliphatic rings. The summed E-state index contributed by atoms with van der Waals surface area (Å²) in [5.74, 6) is -0.608. The van der Waals surface area contributed by atoms with Crippen molar-refractivity contribution in [2.24, 2.45) is 0 Å². The molecule has 2 N–H and O–H groups in total. The molecule has 0 aliphatic carbocycles. The van der Waals surface area contributed by atoms with E-state index in [9.17, 15) is 20.0 Å². The monoisotopic (exact) mass is 273 g/mol. The van der Waals surface area contributed by atoms with Crippen LogP contribution in [0, 0.1) is 17.0 Å².